The predicted octanol–water partition coefficient (Wildman–Crippen LogP) is 2.67. The number of nitrogens with one attached hydrogen (secondary N) is 1. The molecule has 1 unspecified atom stereocenters. The lowest BCUT2D eigenvalue weighted by Gasteiger charge is -2.29. The van der Waals surface area contributed by atoms with Crippen molar-refractivity contribution in [3.63, 3.8) is 0 Å². The monoisotopic (exact) mass is 359 g/mol. The maximum absolute atomic E-state index is 12.7. The van der Waals surface area contributed by atoms with Gasteiger partial charge in [-0.15, -0.1) is 0 Å². The van der Waals surface area contributed by atoms with Gasteiger partial charge in [0.2, 0.25) is 0 Å². The van der Waals surface area contributed by atoms with Crippen LogP contribution in [0.25, 0.3) is 11.1 Å². The molecule has 1 atom stereocenters. The smallest absolute Gasteiger partial charge is 0.278 e. The Balaban J connectivity index is 1.31. The fourth-order valence-electron chi connectivity index (χ4n) is 3.99. The lowest BCUT2D eigenvalue weighted by Crippen LogP contribution is -3.13. The van der Waals surface area contributed by atoms with E-state index in [0.717, 1.165) is 39.0 Å². The molecule has 0 radical (unpaired) electrons. The second-order valence-electron chi connectivity index (χ2n) is 7.41. The molecular formula is C24H27N2O+. The number of nitrogens with zero attached hydrogens (tertiary/aromatic N) is 1. The molecule has 2 aromatic rings. The van der Waals surface area contributed by atoms with Gasteiger partial charge in [0, 0.05) is 19.5 Å². The predicted molar refractivity (Wildman–Crippen MR) is 110 cm³/mol. The highest BCUT2D eigenvalue weighted by Crippen LogP contribution is 2.22. The molecule has 2 aliphatic rings. The van der Waals surface area contributed by atoms with Gasteiger partial charge in [-0.25, -0.2) is 0 Å². The lowest BCUT2D eigenvalue weighted by molar-refractivity contribution is -0.887. The van der Waals surface area contributed by atoms with Crippen LogP contribution in [0.4, 0.5) is 0 Å². The van der Waals surface area contributed by atoms with E-state index in [-0.39, 0.29) is 5.91 Å². The van der Waals surface area contributed by atoms with Crippen molar-refractivity contribution < 1.29 is 9.69 Å². The van der Waals surface area contributed by atoms with Crippen molar-refractivity contribution in [2.24, 2.45) is 0 Å². The second-order valence-corrected chi connectivity index (χ2v) is 7.41. The van der Waals surface area contributed by atoms with Gasteiger partial charge in [-0.05, 0) is 34.8 Å². The zero-order valence-electron chi connectivity index (χ0n) is 15.7. The number of hydrogen-bond donors (Lipinski definition) is 1. The Morgan fingerprint density at radius 1 is 0.852 bits per heavy atom. The first-order valence-electron chi connectivity index (χ1n) is 9.90. The summed E-state index contributed by atoms with van der Waals surface area (Å²) in [5.41, 5.74) is 5.38. The van der Waals surface area contributed by atoms with Crippen molar-refractivity contribution in [2.45, 2.75) is 12.8 Å². The number of rotatable bonds is 4. The average molecular weight is 359 g/mol. The van der Waals surface area contributed by atoms with Crippen molar-refractivity contribution >= 4 is 17.1 Å². The third-order valence-corrected chi connectivity index (χ3v) is 5.64. The zero-order valence-corrected chi connectivity index (χ0v) is 15.7. The molecule has 2 aromatic carbocycles. The Labute approximate surface area is 161 Å². The average Bonchev–Trinajstić information content (AvgIpc) is 2.76. The van der Waals surface area contributed by atoms with Crippen LogP contribution in [0, 0.1) is 0 Å². The molecule has 4 rings (SSSR count). The van der Waals surface area contributed by atoms with Crippen LogP contribution in [-0.2, 0) is 4.79 Å². The molecule has 2 heterocycles. The van der Waals surface area contributed by atoms with E-state index < -0.39 is 0 Å². The zero-order chi connectivity index (χ0) is 18.5. The number of benzene rings is 2. The van der Waals surface area contributed by atoms with Crippen LogP contribution in [0.5, 0.6) is 0 Å². The fourth-order valence-corrected chi connectivity index (χ4v) is 3.99. The van der Waals surface area contributed by atoms with E-state index in [9.17, 15) is 4.79 Å². The molecule has 138 valence electrons. The highest BCUT2D eigenvalue weighted by Gasteiger charge is 2.24. The Hall–Kier alpha value is -2.65. The number of hydrogen-bond acceptors (Lipinski definition) is 1. The van der Waals surface area contributed by atoms with E-state index in [1.165, 1.54) is 27.2 Å². The lowest BCUT2D eigenvalue weighted by atomic mass is 9.99. The molecule has 0 saturated carbocycles. The van der Waals surface area contributed by atoms with Crippen molar-refractivity contribution in [1.29, 1.82) is 0 Å². The van der Waals surface area contributed by atoms with Gasteiger partial charge in [0.05, 0.1) is 13.1 Å². The van der Waals surface area contributed by atoms with E-state index in [1.807, 2.05) is 11.0 Å². The van der Waals surface area contributed by atoms with E-state index >= 15 is 0 Å². The van der Waals surface area contributed by atoms with Gasteiger partial charge >= 0.3 is 0 Å². The molecule has 0 bridgehead atoms. The van der Waals surface area contributed by atoms with Gasteiger partial charge in [-0.2, -0.15) is 0 Å². The first-order chi connectivity index (χ1) is 13.3. The molecule has 27 heavy (non-hydrogen) atoms. The highest BCUT2D eigenvalue weighted by atomic mass is 16.2. The summed E-state index contributed by atoms with van der Waals surface area (Å²) in [6, 6.07) is 21.1. The Bertz CT molecular complexity index is 839. The van der Waals surface area contributed by atoms with Crippen molar-refractivity contribution in [3.8, 4) is 0 Å². The van der Waals surface area contributed by atoms with Crippen LogP contribution in [0.15, 0.2) is 72.8 Å². The Morgan fingerprint density at radius 2 is 1.48 bits per heavy atom. The van der Waals surface area contributed by atoms with Crippen molar-refractivity contribution in [2.75, 3.05) is 32.7 Å². The van der Waals surface area contributed by atoms with Crippen molar-refractivity contribution in [1.82, 2.24) is 4.90 Å². The molecule has 1 N–H and O–H groups in total. The summed E-state index contributed by atoms with van der Waals surface area (Å²) in [6.07, 6.45) is 6.52. The maximum atomic E-state index is 12.7. The second kappa shape index (κ2) is 8.36. The first-order valence-corrected chi connectivity index (χ1v) is 9.90. The summed E-state index contributed by atoms with van der Waals surface area (Å²) in [5, 5.41) is 0. The van der Waals surface area contributed by atoms with Gasteiger partial charge in [0.25, 0.3) is 5.91 Å². The minimum atomic E-state index is 0.282. The molecule has 3 nitrogen and oxygen atoms in total. The first kappa shape index (κ1) is 17.7. The molecule has 0 spiro atoms. The van der Waals surface area contributed by atoms with Crippen LogP contribution in [0.2, 0.25) is 0 Å². The molecule has 0 saturated heterocycles. The van der Waals surface area contributed by atoms with Gasteiger partial charge in [-0.1, -0.05) is 66.7 Å². The van der Waals surface area contributed by atoms with Crippen molar-refractivity contribution in [3.05, 3.63) is 83.9 Å². The molecule has 0 fully saturated rings. The molecule has 3 heteroatoms. The summed E-state index contributed by atoms with van der Waals surface area (Å²) in [4.78, 5) is 16.1. The fraction of sp³-hybridized carbons (Fsp3) is 0.292. The molecular weight excluding hydrogens is 332 g/mol. The van der Waals surface area contributed by atoms with Gasteiger partial charge in [-0.3, -0.25) is 4.79 Å². The minimum Gasteiger partial charge on any atom is -0.334 e. The summed E-state index contributed by atoms with van der Waals surface area (Å²) in [6.45, 7) is 4.15. The van der Waals surface area contributed by atoms with E-state index in [2.05, 4.69) is 66.7 Å². The van der Waals surface area contributed by atoms with Gasteiger partial charge < -0.3 is 9.80 Å². The van der Waals surface area contributed by atoms with Gasteiger partial charge in [0.15, 0.2) is 6.54 Å². The highest BCUT2D eigenvalue weighted by molar-refractivity contribution is 5.79. The van der Waals surface area contributed by atoms with Crippen LogP contribution in [-0.4, -0.2) is 43.5 Å². The molecule has 1 amide bonds. The topological polar surface area (TPSA) is 24.8 Å². The SMILES string of the molecule is O=C(C[NH+]1CC=C(c2ccccc2)CC1)N1CC=C(c2ccccc2)CC1. The quantitative estimate of drug-likeness (QED) is 0.892. The third kappa shape index (κ3) is 4.37. The summed E-state index contributed by atoms with van der Waals surface area (Å²) >= 11 is 0. The standard InChI is InChI=1S/C24H26N2O/c27-24(26-17-13-23(14-18-26)21-9-5-2-6-10-21)19-25-15-11-22(12-16-25)20-7-3-1-4-8-20/h1-11,13H,12,14-19H2/p+1. The van der Waals surface area contributed by atoms with E-state index in [4.69, 9.17) is 0 Å². The summed E-state index contributed by atoms with van der Waals surface area (Å²) in [7, 11) is 0. The number of amides is 1. The van der Waals surface area contributed by atoms with Crippen LogP contribution < -0.4 is 4.90 Å². The molecule has 0 aliphatic carbocycles. The van der Waals surface area contributed by atoms with Gasteiger partial charge in [0.1, 0.15) is 0 Å². The Kier molecular flexibility index (Phi) is 5.50. The molecule has 2 aliphatic heterocycles. The normalized spacial score (nSPS) is 20.0. The summed E-state index contributed by atoms with van der Waals surface area (Å²) in [5.74, 6) is 0.282. The van der Waals surface area contributed by atoms with Crippen LogP contribution in [0.3, 0.4) is 0 Å². The molecule has 0 aromatic heterocycles. The van der Waals surface area contributed by atoms with Crippen LogP contribution in [0.1, 0.15) is 24.0 Å². The minimum absolute atomic E-state index is 0.282. The largest absolute Gasteiger partial charge is 0.334 e. The van der Waals surface area contributed by atoms with E-state index in [0.29, 0.717) is 6.54 Å². The third-order valence-electron chi connectivity index (χ3n) is 5.64. The Morgan fingerprint density at radius 3 is 2.00 bits per heavy atom. The van der Waals surface area contributed by atoms with E-state index in [1.54, 1.807) is 0 Å². The number of quaternary nitrogens is 1. The summed E-state index contributed by atoms with van der Waals surface area (Å²) < 4.78 is 0. The number of carbonyl (C=O) groups is 1. The maximum Gasteiger partial charge on any atom is 0.278 e. The number of carbonyl (C=O) groups excluding carboxylic acids is 1. The van der Waals surface area contributed by atoms with Crippen LogP contribution >= 0.6 is 0 Å².